The van der Waals surface area contributed by atoms with Gasteiger partial charge in [0.25, 0.3) is 0 Å². The van der Waals surface area contributed by atoms with E-state index in [1.54, 1.807) is 18.2 Å². The van der Waals surface area contributed by atoms with Gasteiger partial charge in [0.05, 0.1) is 34.9 Å². The molecule has 9 nitrogen and oxygen atoms in total. The molecule has 0 spiro atoms. The van der Waals surface area contributed by atoms with E-state index in [4.69, 9.17) is 9.88 Å². The van der Waals surface area contributed by atoms with Crippen molar-refractivity contribution in [3.05, 3.63) is 18.2 Å². The average Bonchev–Trinajstić information content (AvgIpc) is 3.01. The Balaban J connectivity index is 1.84. The Morgan fingerprint density at radius 1 is 1.21 bits per heavy atom. The second kappa shape index (κ2) is 8.67. The number of fused-ring (bicyclic) bond motifs is 1. The van der Waals surface area contributed by atoms with Crippen LogP contribution in [0, 0.1) is 0 Å². The number of imidazole rings is 1. The van der Waals surface area contributed by atoms with Crippen molar-refractivity contribution in [2.45, 2.75) is 29.9 Å². The molecule has 0 atom stereocenters. The highest BCUT2D eigenvalue weighted by molar-refractivity contribution is 7.99. The van der Waals surface area contributed by atoms with Crippen molar-refractivity contribution < 1.29 is 21.6 Å². The predicted octanol–water partition coefficient (Wildman–Crippen LogP) is 0.848. The number of benzene rings is 1. The molecule has 3 rings (SSSR count). The Morgan fingerprint density at radius 3 is 2.57 bits per heavy atom. The molecule has 0 amide bonds. The van der Waals surface area contributed by atoms with E-state index in [1.165, 1.54) is 16.1 Å². The fraction of sp³-hybridized carbons (Fsp3) is 0.562. The minimum Gasteiger partial charge on any atom is -0.379 e. The van der Waals surface area contributed by atoms with Crippen LogP contribution in [-0.4, -0.2) is 68.5 Å². The molecule has 2 N–H and O–H groups in total. The molecule has 1 aliphatic rings. The first-order valence-electron chi connectivity index (χ1n) is 8.94. The normalized spacial score (nSPS) is 16.6. The molecule has 0 unspecified atom stereocenters. The molecule has 2 aromatic rings. The molecular formula is C16H24N4O5S3. The first-order chi connectivity index (χ1) is 13.2. The van der Waals surface area contributed by atoms with Gasteiger partial charge in [0.1, 0.15) is 0 Å². The van der Waals surface area contributed by atoms with E-state index in [9.17, 15) is 16.8 Å². The van der Waals surface area contributed by atoms with E-state index < -0.39 is 20.0 Å². The summed E-state index contributed by atoms with van der Waals surface area (Å²) in [4.78, 5) is 4.79. The molecule has 12 heteroatoms. The van der Waals surface area contributed by atoms with Gasteiger partial charge in [0, 0.05) is 25.4 Å². The fourth-order valence-electron chi connectivity index (χ4n) is 3.02. The number of ether oxygens (including phenoxy) is 1. The number of aryl methyl sites for hydroxylation is 1. The third-order valence-corrected chi connectivity index (χ3v) is 8.23. The van der Waals surface area contributed by atoms with Crippen molar-refractivity contribution in [2.75, 3.05) is 37.8 Å². The molecule has 0 saturated carbocycles. The highest BCUT2D eigenvalue weighted by Gasteiger charge is 2.27. The van der Waals surface area contributed by atoms with Crippen molar-refractivity contribution in [2.24, 2.45) is 5.14 Å². The first kappa shape index (κ1) is 21.5. The predicted molar refractivity (Wildman–Crippen MR) is 108 cm³/mol. The standard InChI is InChI=1S/C16H24N4O5S3/c1-2-20-15-5-4-13(28(23,24)19-6-8-25-9-7-19)12-14(15)18-16(20)26-10-3-11-27(17,21)22/h4-5,12H,2-3,6-11H2,1H3,(H2,17,21,22). The number of hydrogen-bond acceptors (Lipinski definition) is 7. The maximum atomic E-state index is 12.9. The number of rotatable bonds is 8. The molecule has 1 saturated heterocycles. The lowest BCUT2D eigenvalue weighted by Crippen LogP contribution is -2.40. The van der Waals surface area contributed by atoms with Crippen LogP contribution in [0.4, 0.5) is 0 Å². The number of thioether (sulfide) groups is 1. The highest BCUT2D eigenvalue weighted by atomic mass is 32.2. The first-order valence-corrected chi connectivity index (χ1v) is 13.1. The lowest BCUT2D eigenvalue weighted by atomic mass is 10.3. The number of primary sulfonamides is 1. The number of aromatic nitrogens is 2. The fourth-order valence-corrected chi connectivity index (χ4v) is 6.20. The van der Waals surface area contributed by atoms with Crippen LogP contribution >= 0.6 is 11.8 Å². The summed E-state index contributed by atoms with van der Waals surface area (Å²) < 4.78 is 56.5. The van der Waals surface area contributed by atoms with Crippen molar-refractivity contribution in [3.63, 3.8) is 0 Å². The number of nitrogens with two attached hydrogens (primary N) is 1. The molecule has 156 valence electrons. The third-order valence-electron chi connectivity index (χ3n) is 4.41. The van der Waals surface area contributed by atoms with Gasteiger partial charge in [0.2, 0.25) is 20.0 Å². The number of sulfonamides is 2. The average molecular weight is 449 g/mol. The zero-order valence-corrected chi connectivity index (χ0v) is 18.0. The molecule has 1 aromatic heterocycles. The molecular weight excluding hydrogens is 424 g/mol. The van der Waals surface area contributed by atoms with E-state index >= 15 is 0 Å². The topological polar surface area (TPSA) is 125 Å². The van der Waals surface area contributed by atoms with Gasteiger partial charge < -0.3 is 9.30 Å². The minimum absolute atomic E-state index is 0.0751. The Kier molecular flexibility index (Phi) is 6.67. The smallest absolute Gasteiger partial charge is 0.243 e. The summed E-state index contributed by atoms with van der Waals surface area (Å²) in [5, 5.41) is 5.75. The monoisotopic (exact) mass is 448 g/mol. The Bertz CT molecular complexity index is 1040. The van der Waals surface area contributed by atoms with Gasteiger partial charge in [-0.05, 0) is 31.5 Å². The van der Waals surface area contributed by atoms with Crippen molar-refractivity contribution >= 4 is 42.8 Å². The molecule has 0 bridgehead atoms. The zero-order chi connectivity index (χ0) is 20.4. The summed E-state index contributed by atoms with van der Waals surface area (Å²) in [5.41, 5.74) is 1.45. The molecule has 1 fully saturated rings. The molecule has 0 aliphatic carbocycles. The quantitative estimate of drug-likeness (QED) is 0.469. The minimum atomic E-state index is -3.58. The number of hydrogen-bond donors (Lipinski definition) is 1. The van der Waals surface area contributed by atoms with Gasteiger partial charge in [0.15, 0.2) is 5.16 Å². The van der Waals surface area contributed by atoms with Gasteiger partial charge >= 0.3 is 0 Å². The largest absolute Gasteiger partial charge is 0.379 e. The Hall–Kier alpha value is -1.18. The lowest BCUT2D eigenvalue weighted by molar-refractivity contribution is 0.0730. The van der Waals surface area contributed by atoms with Crippen LogP contribution in [-0.2, 0) is 31.3 Å². The zero-order valence-electron chi connectivity index (χ0n) is 15.6. The summed E-state index contributed by atoms with van der Waals surface area (Å²) in [6, 6.07) is 4.98. The number of morpholine rings is 1. The maximum Gasteiger partial charge on any atom is 0.243 e. The number of nitrogens with zero attached hydrogens (tertiary/aromatic N) is 3. The van der Waals surface area contributed by atoms with Gasteiger partial charge in [-0.25, -0.2) is 27.0 Å². The van der Waals surface area contributed by atoms with Gasteiger partial charge in [-0.15, -0.1) is 0 Å². The summed E-state index contributed by atoms with van der Waals surface area (Å²) in [5.74, 6) is 0.479. The van der Waals surface area contributed by atoms with Crippen molar-refractivity contribution in [3.8, 4) is 0 Å². The summed E-state index contributed by atoms with van der Waals surface area (Å²) in [6.07, 6.45) is 0.424. The lowest BCUT2D eigenvalue weighted by Gasteiger charge is -2.26. The molecule has 28 heavy (non-hydrogen) atoms. The van der Waals surface area contributed by atoms with Gasteiger partial charge in [-0.3, -0.25) is 0 Å². The summed E-state index contributed by atoms with van der Waals surface area (Å²) >= 11 is 1.43. The van der Waals surface area contributed by atoms with Crippen molar-refractivity contribution in [1.82, 2.24) is 13.9 Å². The van der Waals surface area contributed by atoms with Crippen LogP contribution in [0.3, 0.4) is 0 Å². The second-order valence-electron chi connectivity index (χ2n) is 6.37. The van der Waals surface area contributed by atoms with Crippen LogP contribution in [0.1, 0.15) is 13.3 Å². The Morgan fingerprint density at radius 2 is 1.93 bits per heavy atom. The Labute approximate surface area is 169 Å². The van der Waals surface area contributed by atoms with Crippen LogP contribution < -0.4 is 5.14 Å². The van der Waals surface area contributed by atoms with E-state index in [-0.39, 0.29) is 10.6 Å². The highest BCUT2D eigenvalue weighted by Crippen LogP contribution is 2.27. The summed E-state index contributed by atoms with van der Waals surface area (Å²) in [6.45, 7) is 4.12. The molecule has 2 heterocycles. The maximum absolute atomic E-state index is 12.9. The van der Waals surface area contributed by atoms with Gasteiger partial charge in [-0.1, -0.05) is 11.8 Å². The molecule has 1 aliphatic heterocycles. The van der Waals surface area contributed by atoms with Crippen molar-refractivity contribution in [1.29, 1.82) is 0 Å². The van der Waals surface area contributed by atoms with E-state index in [0.717, 1.165) is 10.7 Å². The van der Waals surface area contributed by atoms with E-state index in [1.807, 2.05) is 11.5 Å². The third kappa shape index (κ3) is 4.86. The second-order valence-corrected chi connectivity index (χ2v) is 11.1. The van der Waals surface area contributed by atoms with Gasteiger partial charge in [-0.2, -0.15) is 4.31 Å². The van der Waals surface area contributed by atoms with Crippen LogP contribution in [0.5, 0.6) is 0 Å². The molecule has 0 radical (unpaired) electrons. The van der Waals surface area contributed by atoms with Crippen LogP contribution in [0.25, 0.3) is 11.0 Å². The van der Waals surface area contributed by atoms with E-state index in [2.05, 4.69) is 4.98 Å². The van der Waals surface area contributed by atoms with Crippen LogP contribution in [0.15, 0.2) is 28.3 Å². The SMILES string of the molecule is CCn1c(SCCCS(N)(=O)=O)nc2cc(S(=O)(=O)N3CCOCC3)ccc21. The summed E-state index contributed by atoms with van der Waals surface area (Å²) in [7, 11) is -7.06. The molecule has 1 aromatic carbocycles. The van der Waals surface area contributed by atoms with E-state index in [0.29, 0.717) is 50.5 Å². The van der Waals surface area contributed by atoms with Crippen LogP contribution in [0.2, 0.25) is 0 Å².